The van der Waals surface area contributed by atoms with Crippen LogP contribution < -0.4 is 10.6 Å². The highest BCUT2D eigenvalue weighted by Gasteiger charge is 2.15. The van der Waals surface area contributed by atoms with Crippen molar-refractivity contribution < 1.29 is 9.18 Å². The van der Waals surface area contributed by atoms with Crippen LogP contribution in [0.25, 0.3) is 10.6 Å². The van der Waals surface area contributed by atoms with E-state index in [4.69, 9.17) is 5.26 Å². The van der Waals surface area contributed by atoms with Gasteiger partial charge in [0.05, 0.1) is 16.1 Å². The molecule has 164 valence electrons. The van der Waals surface area contributed by atoms with Gasteiger partial charge in [0.1, 0.15) is 22.6 Å². The number of aromatic nitrogens is 2. The van der Waals surface area contributed by atoms with Gasteiger partial charge in [0.15, 0.2) is 0 Å². The van der Waals surface area contributed by atoms with Gasteiger partial charge in [-0.1, -0.05) is 18.2 Å². The Hall–Kier alpha value is -4.09. The van der Waals surface area contributed by atoms with Gasteiger partial charge in [0.2, 0.25) is 0 Å². The summed E-state index contributed by atoms with van der Waals surface area (Å²) in [7, 11) is 0. The van der Waals surface area contributed by atoms with E-state index < -0.39 is 0 Å². The molecule has 0 fully saturated rings. The summed E-state index contributed by atoms with van der Waals surface area (Å²) in [6, 6.07) is 19.3. The van der Waals surface area contributed by atoms with Crippen LogP contribution in [0.4, 0.5) is 10.2 Å². The fourth-order valence-corrected chi connectivity index (χ4v) is 4.02. The van der Waals surface area contributed by atoms with Crippen molar-refractivity contribution in [1.82, 2.24) is 15.3 Å². The zero-order chi connectivity index (χ0) is 23.0. The number of nitrogens with one attached hydrogen (secondary N) is 2. The summed E-state index contributed by atoms with van der Waals surface area (Å²) in [5.74, 6) is -0.122. The van der Waals surface area contributed by atoms with Gasteiger partial charge >= 0.3 is 0 Å². The Kier molecular flexibility index (Phi) is 7.03. The predicted octanol–water partition coefficient (Wildman–Crippen LogP) is 4.80. The van der Waals surface area contributed by atoms with Crippen molar-refractivity contribution in [3.05, 3.63) is 100 Å². The number of hydrogen-bond donors (Lipinski definition) is 2. The fourth-order valence-electron chi connectivity index (χ4n) is 3.25. The summed E-state index contributed by atoms with van der Waals surface area (Å²) < 4.78 is 13.5. The number of anilines is 1. The lowest BCUT2D eigenvalue weighted by Gasteiger charge is -2.13. The van der Waals surface area contributed by atoms with Crippen LogP contribution in [0.5, 0.6) is 0 Å². The lowest BCUT2D eigenvalue weighted by molar-refractivity contribution is 0.0951. The molecule has 0 radical (unpaired) electrons. The van der Waals surface area contributed by atoms with Crippen molar-refractivity contribution in [3.8, 4) is 16.6 Å². The molecule has 33 heavy (non-hydrogen) atoms. The third-order valence-corrected chi connectivity index (χ3v) is 5.89. The number of pyridine rings is 2. The molecule has 0 aliphatic rings. The summed E-state index contributed by atoms with van der Waals surface area (Å²) in [5, 5.41) is 15.2. The van der Waals surface area contributed by atoms with Gasteiger partial charge in [0, 0.05) is 25.5 Å². The Balaban J connectivity index is 1.54. The van der Waals surface area contributed by atoms with E-state index in [-0.39, 0.29) is 11.7 Å². The third kappa shape index (κ3) is 5.79. The van der Waals surface area contributed by atoms with Gasteiger partial charge in [-0.15, -0.1) is 11.3 Å². The van der Waals surface area contributed by atoms with Crippen LogP contribution in [-0.4, -0.2) is 22.4 Å². The molecule has 2 N–H and O–H groups in total. The highest BCUT2D eigenvalue weighted by atomic mass is 32.1. The molecule has 0 spiro atoms. The molecule has 0 aliphatic carbocycles. The zero-order valence-electron chi connectivity index (χ0n) is 17.6. The van der Waals surface area contributed by atoms with E-state index in [2.05, 4.69) is 26.7 Å². The van der Waals surface area contributed by atoms with E-state index in [1.54, 1.807) is 36.7 Å². The topological polar surface area (TPSA) is 90.7 Å². The van der Waals surface area contributed by atoms with Gasteiger partial charge in [-0.3, -0.25) is 9.78 Å². The lowest BCUT2D eigenvalue weighted by Crippen LogP contribution is -2.24. The monoisotopic (exact) mass is 457 g/mol. The molecule has 0 aliphatic heterocycles. The number of carbonyl (C=O) groups excluding carboxylic acids is 1. The normalized spacial score (nSPS) is 10.4. The third-order valence-electron chi connectivity index (χ3n) is 4.88. The van der Waals surface area contributed by atoms with E-state index in [1.165, 1.54) is 23.5 Å². The molecule has 0 bridgehead atoms. The fraction of sp³-hybridized carbons (Fsp3) is 0.120. The first-order valence-corrected chi connectivity index (χ1v) is 11.1. The summed E-state index contributed by atoms with van der Waals surface area (Å²) in [6.45, 7) is 0.810. The largest absolute Gasteiger partial charge is 0.369 e. The number of hydrogen-bond acceptors (Lipinski definition) is 6. The summed E-state index contributed by atoms with van der Waals surface area (Å²) in [6.07, 6.45) is 3.94. The molecular formula is C25H20FN5OS. The molecule has 0 saturated carbocycles. The van der Waals surface area contributed by atoms with Gasteiger partial charge in [0.25, 0.3) is 5.91 Å². The number of nitriles is 1. The molecule has 4 rings (SSSR count). The van der Waals surface area contributed by atoms with E-state index in [1.807, 2.05) is 24.3 Å². The molecular weight excluding hydrogens is 437 g/mol. The number of benzene rings is 1. The predicted molar refractivity (Wildman–Crippen MR) is 126 cm³/mol. The van der Waals surface area contributed by atoms with Crippen molar-refractivity contribution in [2.45, 2.75) is 13.0 Å². The number of halogens is 1. The van der Waals surface area contributed by atoms with Gasteiger partial charge in [-0.2, -0.15) is 5.26 Å². The van der Waals surface area contributed by atoms with Crippen LogP contribution in [0.3, 0.4) is 0 Å². The molecule has 3 aromatic heterocycles. The Morgan fingerprint density at radius 3 is 2.73 bits per heavy atom. The second-order valence-electron chi connectivity index (χ2n) is 7.22. The lowest BCUT2D eigenvalue weighted by atomic mass is 10.1. The first-order valence-electron chi connectivity index (χ1n) is 10.3. The number of rotatable bonds is 8. The molecule has 8 heteroatoms. The molecule has 3 heterocycles. The second-order valence-corrected chi connectivity index (χ2v) is 8.30. The molecule has 0 saturated heterocycles. The van der Waals surface area contributed by atoms with Gasteiger partial charge in [-0.05, 0) is 60.0 Å². The zero-order valence-corrected chi connectivity index (χ0v) is 18.4. The van der Waals surface area contributed by atoms with Gasteiger partial charge < -0.3 is 10.6 Å². The Morgan fingerprint density at radius 2 is 1.97 bits per heavy atom. The summed E-state index contributed by atoms with van der Waals surface area (Å²) in [5.41, 5.74) is 2.80. The summed E-state index contributed by atoms with van der Waals surface area (Å²) >= 11 is 1.34. The number of nitrogens with zero attached hydrogens (tertiary/aromatic N) is 3. The standard InChI is InChI=1S/C25H20FN5OS/c26-19-5-1-3-17(13-19)10-12-29-24-21(25(32)30-16-18-4-2-11-28-15-18)7-8-22(31-24)23-9-6-20(14-27)33-23/h1-9,11,13,15H,10,12,16H2,(H,29,31)(H,30,32). The van der Waals surface area contributed by atoms with Crippen molar-refractivity contribution >= 4 is 23.1 Å². The van der Waals surface area contributed by atoms with E-state index in [0.29, 0.717) is 41.5 Å². The van der Waals surface area contributed by atoms with E-state index >= 15 is 0 Å². The van der Waals surface area contributed by atoms with E-state index in [0.717, 1.165) is 16.0 Å². The number of carbonyl (C=O) groups is 1. The molecule has 6 nitrogen and oxygen atoms in total. The average Bonchev–Trinajstić information content (AvgIpc) is 3.33. The first-order chi connectivity index (χ1) is 16.1. The molecule has 0 atom stereocenters. The molecule has 0 unspecified atom stereocenters. The second kappa shape index (κ2) is 10.5. The van der Waals surface area contributed by atoms with Crippen molar-refractivity contribution in [2.75, 3.05) is 11.9 Å². The summed E-state index contributed by atoms with van der Waals surface area (Å²) in [4.78, 5) is 23.1. The minimum Gasteiger partial charge on any atom is -0.369 e. The number of thiophene rings is 1. The van der Waals surface area contributed by atoms with Crippen LogP contribution in [0.1, 0.15) is 26.4 Å². The number of amides is 1. The molecule has 1 aromatic carbocycles. The van der Waals surface area contributed by atoms with Crippen LogP contribution in [-0.2, 0) is 13.0 Å². The smallest absolute Gasteiger partial charge is 0.255 e. The Bertz CT molecular complexity index is 1300. The van der Waals surface area contributed by atoms with Crippen molar-refractivity contribution in [1.29, 1.82) is 5.26 Å². The molecule has 1 amide bonds. The van der Waals surface area contributed by atoms with Crippen molar-refractivity contribution in [3.63, 3.8) is 0 Å². The van der Waals surface area contributed by atoms with Crippen LogP contribution >= 0.6 is 11.3 Å². The average molecular weight is 458 g/mol. The van der Waals surface area contributed by atoms with Gasteiger partial charge in [-0.25, -0.2) is 9.37 Å². The van der Waals surface area contributed by atoms with E-state index in [9.17, 15) is 9.18 Å². The maximum atomic E-state index is 13.5. The maximum Gasteiger partial charge on any atom is 0.255 e. The Labute approximate surface area is 194 Å². The quantitative estimate of drug-likeness (QED) is 0.397. The maximum absolute atomic E-state index is 13.5. The van der Waals surface area contributed by atoms with Crippen LogP contribution in [0.15, 0.2) is 73.1 Å². The molecule has 4 aromatic rings. The first kappa shape index (κ1) is 22.1. The van der Waals surface area contributed by atoms with Crippen LogP contribution in [0.2, 0.25) is 0 Å². The minimum atomic E-state index is -0.283. The van der Waals surface area contributed by atoms with Crippen LogP contribution in [0, 0.1) is 17.1 Å². The highest BCUT2D eigenvalue weighted by Crippen LogP contribution is 2.28. The minimum absolute atomic E-state index is 0.268. The SMILES string of the molecule is N#Cc1ccc(-c2ccc(C(=O)NCc3cccnc3)c(NCCc3cccc(F)c3)n2)s1. The highest BCUT2D eigenvalue weighted by molar-refractivity contribution is 7.15. The van der Waals surface area contributed by atoms with Crippen molar-refractivity contribution in [2.24, 2.45) is 0 Å². The Morgan fingerprint density at radius 1 is 1.09 bits per heavy atom.